The summed E-state index contributed by atoms with van der Waals surface area (Å²) in [5, 5.41) is 9.37. The number of hydrogen-bond acceptors (Lipinski definition) is 4. The zero-order valence-corrected chi connectivity index (χ0v) is 16.6. The van der Waals surface area contributed by atoms with Crippen molar-refractivity contribution in [1.29, 1.82) is 0 Å². The average Bonchev–Trinajstić information content (AvgIpc) is 2.74. The molecule has 1 aromatic heterocycles. The van der Waals surface area contributed by atoms with Crippen LogP contribution in [0.25, 0.3) is 0 Å². The second-order valence-corrected chi connectivity index (χ2v) is 7.98. The maximum atomic E-state index is 13.6. The molecule has 3 heterocycles. The van der Waals surface area contributed by atoms with Gasteiger partial charge in [0, 0.05) is 44.2 Å². The van der Waals surface area contributed by atoms with Gasteiger partial charge in [-0.15, -0.1) is 0 Å². The minimum Gasteiger partial charge on any atom is -0.481 e. The van der Waals surface area contributed by atoms with Crippen LogP contribution >= 0.6 is 0 Å². The molecule has 0 radical (unpaired) electrons. The van der Waals surface area contributed by atoms with Crippen LogP contribution in [0.5, 0.6) is 0 Å². The lowest BCUT2D eigenvalue weighted by molar-refractivity contribution is -0.138. The third-order valence-corrected chi connectivity index (χ3v) is 6.04. The Hall–Kier alpha value is -3.09. The lowest BCUT2D eigenvalue weighted by Gasteiger charge is -2.38. The van der Waals surface area contributed by atoms with Gasteiger partial charge < -0.3 is 10.0 Å². The highest BCUT2D eigenvalue weighted by atomic mass is 19.1. The first kappa shape index (κ1) is 20.2. The lowest BCUT2D eigenvalue weighted by Crippen LogP contribution is -2.45. The third kappa shape index (κ3) is 4.40. The van der Waals surface area contributed by atoms with Gasteiger partial charge in [0.2, 0.25) is 0 Å². The number of aliphatic imine (C=N–C) groups is 1. The molecule has 2 atom stereocenters. The largest absolute Gasteiger partial charge is 0.481 e. The summed E-state index contributed by atoms with van der Waals surface area (Å²) in [5.41, 5.74) is 3.29. The van der Waals surface area contributed by atoms with E-state index in [1.54, 1.807) is 41.6 Å². The highest BCUT2D eigenvalue weighted by Crippen LogP contribution is 2.32. The summed E-state index contributed by atoms with van der Waals surface area (Å²) in [4.78, 5) is 34.8. The molecule has 1 saturated heterocycles. The van der Waals surface area contributed by atoms with Gasteiger partial charge in [-0.1, -0.05) is 0 Å². The Morgan fingerprint density at radius 3 is 2.87 bits per heavy atom. The Balaban J connectivity index is 1.55. The van der Waals surface area contributed by atoms with E-state index in [1.165, 1.54) is 6.07 Å². The fourth-order valence-corrected chi connectivity index (χ4v) is 4.53. The normalized spacial score (nSPS) is 21.0. The minimum absolute atomic E-state index is 0.0229. The van der Waals surface area contributed by atoms with E-state index < -0.39 is 5.97 Å². The Labute approximate surface area is 174 Å². The standard InChI is InChI=1S/C23H24FN3O3/c24-19-3-4-20-16(10-19)5-8-26-21(20)11-18-14-27(9-6-15(18)12-22(28)29)23(30)17-2-1-7-25-13-17/h1-4,7,10,13,15,18H,5-6,8-9,11-12,14H2,(H,28,29)/t15-,18-/m0/s1. The van der Waals surface area contributed by atoms with Gasteiger partial charge in [-0.25, -0.2) is 4.39 Å². The summed E-state index contributed by atoms with van der Waals surface area (Å²) in [5.74, 6) is -1.23. The maximum Gasteiger partial charge on any atom is 0.303 e. The van der Waals surface area contributed by atoms with Crippen molar-refractivity contribution in [2.45, 2.75) is 25.7 Å². The number of likely N-dealkylation sites (tertiary alicyclic amines) is 1. The van der Waals surface area contributed by atoms with E-state index in [-0.39, 0.29) is 30.0 Å². The van der Waals surface area contributed by atoms with Gasteiger partial charge in [0.25, 0.3) is 5.91 Å². The molecule has 0 aliphatic carbocycles. The van der Waals surface area contributed by atoms with Crippen LogP contribution in [0.4, 0.5) is 4.39 Å². The Kier molecular flexibility index (Phi) is 5.88. The van der Waals surface area contributed by atoms with E-state index in [4.69, 9.17) is 0 Å². The number of benzene rings is 1. The van der Waals surface area contributed by atoms with Gasteiger partial charge >= 0.3 is 5.97 Å². The van der Waals surface area contributed by atoms with E-state index in [0.717, 1.165) is 16.8 Å². The van der Waals surface area contributed by atoms with Crippen LogP contribution in [0.15, 0.2) is 47.7 Å². The first-order valence-corrected chi connectivity index (χ1v) is 10.2. The number of aliphatic carboxylic acids is 1. The van der Waals surface area contributed by atoms with Gasteiger partial charge in [0.1, 0.15) is 5.82 Å². The summed E-state index contributed by atoms with van der Waals surface area (Å²) >= 11 is 0. The number of aromatic nitrogens is 1. The molecule has 1 fully saturated rings. The second kappa shape index (κ2) is 8.73. The minimum atomic E-state index is -0.829. The molecule has 2 aliphatic heterocycles. The Morgan fingerprint density at radius 1 is 1.23 bits per heavy atom. The first-order valence-electron chi connectivity index (χ1n) is 10.2. The van der Waals surface area contributed by atoms with Crippen molar-refractivity contribution in [3.8, 4) is 0 Å². The number of carboxylic acid groups (broad SMARTS) is 1. The summed E-state index contributed by atoms with van der Waals surface area (Å²) < 4.78 is 13.6. The van der Waals surface area contributed by atoms with Crippen molar-refractivity contribution in [1.82, 2.24) is 9.88 Å². The van der Waals surface area contributed by atoms with Gasteiger partial charge in [-0.3, -0.25) is 19.6 Å². The summed E-state index contributed by atoms with van der Waals surface area (Å²) in [6, 6.07) is 8.22. The second-order valence-electron chi connectivity index (χ2n) is 7.98. The molecule has 30 heavy (non-hydrogen) atoms. The maximum absolute atomic E-state index is 13.6. The van der Waals surface area contributed by atoms with Gasteiger partial charge in [0.05, 0.1) is 5.56 Å². The number of pyridine rings is 1. The van der Waals surface area contributed by atoms with Crippen molar-refractivity contribution < 1.29 is 19.1 Å². The summed E-state index contributed by atoms with van der Waals surface area (Å²) in [7, 11) is 0. The topological polar surface area (TPSA) is 82.9 Å². The van der Waals surface area contributed by atoms with Gasteiger partial charge in [0.15, 0.2) is 0 Å². The number of piperidine rings is 1. The average molecular weight is 409 g/mol. The molecule has 4 rings (SSSR count). The number of fused-ring (bicyclic) bond motifs is 1. The molecule has 7 heteroatoms. The fourth-order valence-electron chi connectivity index (χ4n) is 4.53. The number of hydrogen-bond donors (Lipinski definition) is 1. The van der Waals surface area contributed by atoms with Crippen molar-refractivity contribution in [2.24, 2.45) is 16.8 Å². The van der Waals surface area contributed by atoms with Crippen molar-refractivity contribution in [3.63, 3.8) is 0 Å². The van der Waals surface area contributed by atoms with Crippen LogP contribution in [0.2, 0.25) is 0 Å². The van der Waals surface area contributed by atoms with Gasteiger partial charge in [-0.2, -0.15) is 0 Å². The fraction of sp³-hybridized carbons (Fsp3) is 0.391. The van der Waals surface area contributed by atoms with Crippen LogP contribution in [0, 0.1) is 17.7 Å². The number of amides is 1. The summed E-state index contributed by atoms with van der Waals surface area (Å²) in [6.07, 6.45) is 5.16. The molecule has 0 unspecified atom stereocenters. The molecule has 0 saturated carbocycles. The van der Waals surface area contributed by atoms with Gasteiger partial charge in [-0.05, 0) is 72.6 Å². The van der Waals surface area contributed by atoms with Crippen LogP contribution < -0.4 is 0 Å². The predicted octanol–water partition coefficient (Wildman–Crippen LogP) is 3.21. The Bertz CT molecular complexity index is 977. The molecule has 156 valence electrons. The SMILES string of the molecule is O=C(O)C[C@@H]1CCN(C(=O)c2cccnc2)C[C@@H]1CC1=NCCc2cc(F)ccc21. The summed E-state index contributed by atoms with van der Waals surface area (Å²) in [6.45, 7) is 1.60. The Morgan fingerprint density at radius 2 is 2.10 bits per heavy atom. The lowest BCUT2D eigenvalue weighted by atomic mass is 9.78. The highest BCUT2D eigenvalue weighted by molar-refractivity contribution is 6.02. The molecular formula is C23H24FN3O3. The number of carbonyl (C=O) groups is 2. The van der Waals surface area contributed by atoms with Crippen LogP contribution in [-0.2, 0) is 11.2 Å². The number of rotatable bonds is 5. The van der Waals surface area contributed by atoms with Crippen molar-refractivity contribution >= 4 is 17.6 Å². The predicted molar refractivity (Wildman–Crippen MR) is 110 cm³/mol. The molecule has 1 N–H and O–H groups in total. The quantitative estimate of drug-likeness (QED) is 0.822. The number of carboxylic acids is 1. The van der Waals surface area contributed by atoms with E-state index >= 15 is 0 Å². The number of halogens is 1. The molecular weight excluding hydrogens is 385 g/mol. The first-order chi connectivity index (χ1) is 14.5. The van der Waals surface area contributed by atoms with E-state index in [1.807, 2.05) is 0 Å². The monoisotopic (exact) mass is 409 g/mol. The molecule has 2 aliphatic rings. The van der Waals surface area contributed by atoms with Crippen LogP contribution in [0.3, 0.4) is 0 Å². The molecule has 2 aromatic rings. The number of nitrogens with zero attached hydrogens (tertiary/aromatic N) is 3. The van der Waals surface area contributed by atoms with Crippen molar-refractivity contribution in [3.05, 3.63) is 65.2 Å². The zero-order chi connectivity index (χ0) is 21.1. The molecule has 6 nitrogen and oxygen atoms in total. The van der Waals surface area contributed by atoms with Crippen molar-refractivity contribution in [2.75, 3.05) is 19.6 Å². The number of carbonyl (C=O) groups excluding carboxylic acids is 1. The van der Waals surface area contributed by atoms with E-state index in [0.29, 0.717) is 44.5 Å². The third-order valence-electron chi connectivity index (χ3n) is 6.04. The molecule has 1 aromatic carbocycles. The molecule has 1 amide bonds. The smallest absolute Gasteiger partial charge is 0.303 e. The molecule has 0 bridgehead atoms. The molecule has 0 spiro atoms. The highest BCUT2D eigenvalue weighted by Gasteiger charge is 2.34. The van der Waals surface area contributed by atoms with Crippen LogP contribution in [-0.4, -0.2) is 52.2 Å². The van der Waals surface area contributed by atoms with E-state index in [9.17, 15) is 19.1 Å². The van der Waals surface area contributed by atoms with E-state index in [2.05, 4.69) is 9.98 Å². The van der Waals surface area contributed by atoms with Crippen LogP contribution in [0.1, 0.15) is 40.7 Å². The zero-order valence-electron chi connectivity index (χ0n) is 16.6.